The highest BCUT2D eigenvalue weighted by Crippen LogP contribution is 2.26. The van der Waals surface area contributed by atoms with Crippen LogP contribution in [0.2, 0.25) is 0 Å². The third-order valence-corrected chi connectivity index (χ3v) is 2.59. The Labute approximate surface area is 95.1 Å². The molecule has 1 aromatic heterocycles. The molecule has 0 spiro atoms. The fourth-order valence-corrected chi connectivity index (χ4v) is 1.80. The van der Waals surface area contributed by atoms with Crippen LogP contribution in [0.3, 0.4) is 0 Å². The number of aromatic nitrogens is 2. The fraction of sp³-hybridized carbons (Fsp3) is 0.231. The van der Waals surface area contributed by atoms with Gasteiger partial charge in [0.2, 0.25) is 0 Å². The molecule has 0 aliphatic carbocycles. The molecule has 82 valence electrons. The lowest BCUT2D eigenvalue weighted by molar-refractivity contribution is 0.415. The van der Waals surface area contributed by atoms with Gasteiger partial charge in [-0.1, -0.05) is 12.1 Å². The lowest BCUT2D eigenvalue weighted by Crippen LogP contribution is -1.94. The molecule has 3 nitrogen and oxygen atoms in total. The van der Waals surface area contributed by atoms with Crippen molar-refractivity contribution < 1.29 is 4.74 Å². The number of aryl methyl sites for hydroxylation is 2. The molecule has 16 heavy (non-hydrogen) atoms. The first-order valence-corrected chi connectivity index (χ1v) is 5.15. The number of hydrogen-bond acceptors (Lipinski definition) is 3. The van der Waals surface area contributed by atoms with Gasteiger partial charge in [-0.05, 0) is 37.1 Å². The Morgan fingerprint density at radius 3 is 2.31 bits per heavy atom. The van der Waals surface area contributed by atoms with Gasteiger partial charge < -0.3 is 4.74 Å². The van der Waals surface area contributed by atoms with Crippen molar-refractivity contribution in [1.82, 2.24) is 10.2 Å². The van der Waals surface area contributed by atoms with Crippen LogP contribution in [0.4, 0.5) is 0 Å². The molecule has 2 aromatic rings. The van der Waals surface area contributed by atoms with Crippen molar-refractivity contribution >= 4 is 0 Å². The summed E-state index contributed by atoms with van der Waals surface area (Å²) in [6, 6.07) is 7.98. The summed E-state index contributed by atoms with van der Waals surface area (Å²) in [4.78, 5) is 0. The second kappa shape index (κ2) is 4.31. The summed E-state index contributed by atoms with van der Waals surface area (Å²) in [6.07, 6.45) is 1.78. The van der Waals surface area contributed by atoms with Gasteiger partial charge in [0.25, 0.3) is 0 Å². The monoisotopic (exact) mass is 214 g/mol. The summed E-state index contributed by atoms with van der Waals surface area (Å²) in [5, 5.41) is 8.01. The number of methoxy groups -OCH3 is 1. The Bertz CT molecular complexity index is 472. The Morgan fingerprint density at radius 2 is 1.75 bits per heavy atom. The van der Waals surface area contributed by atoms with Crippen LogP contribution < -0.4 is 4.74 Å². The van der Waals surface area contributed by atoms with E-state index in [1.54, 1.807) is 13.3 Å². The average Bonchev–Trinajstić information content (AvgIpc) is 2.30. The molecule has 2 rings (SSSR count). The minimum atomic E-state index is 0.862. The summed E-state index contributed by atoms with van der Waals surface area (Å²) in [7, 11) is 1.67. The van der Waals surface area contributed by atoms with E-state index in [-0.39, 0.29) is 0 Å². The number of hydrogen-bond donors (Lipinski definition) is 0. The minimum absolute atomic E-state index is 0.862. The predicted octanol–water partition coefficient (Wildman–Crippen LogP) is 2.77. The van der Waals surface area contributed by atoms with Crippen LogP contribution in [0.15, 0.2) is 30.5 Å². The summed E-state index contributed by atoms with van der Waals surface area (Å²) >= 11 is 0. The quantitative estimate of drug-likeness (QED) is 0.771. The van der Waals surface area contributed by atoms with Gasteiger partial charge in [-0.3, -0.25) is 0 Å². The molecule has 1 heterocycles. The molecule has 3 heteroatoms. The molecule has 0 aliphatic rings. The van der Waals surface area contributed by atoms with E-state index in [1.165, 1.54) is 0 Å². The summed E-state index contributed by atoms with van der Waals surface area (Å²) in [5.41, 5.74) is 4.38. The van der Waals surface area contributed by atoms with Crippen molar-refractivity contribution in [1.29, 1.82) is 0 Å². The zero-order valence-electron chi connectivity index (χ0n) is 9.69. The maximum Gasteiger partial charge on any atom is 0.118 e. The number of benzene rings is 1. The van der Waals surface area contributed by atoms with Gasteiger partial charge in [-0.25, -0.2) is 0 Å². The smallest absolute Gasteiger partial charge is 0.118 e. The Kier molecular flexibility index (Phi) is 2.86. The van der Waals surface area contributed by atoms with E-state index in [4.69, 9.17) is 4.74 Å². The maximum atomic E-state index is 5.14. The molecule has 1 aromatic carbocycles. The Balaban J connectivity index is 2.50. The third-order valence-electron chi connectivity index (χ3n) is 2.59. The fourth-order valence-electron chi connectivity index (χ4n) is 1.80. The minimum Gasteiger partial charge on any atom is -0.497 e. The number of ether oxygens (including phenoxy) is 1. The molecule has 0 saturated heterocycles. The van der Waals surface area contributed by atoms with E-state index in [0.717, 1.165) is 28.1 Å². The average molecular weight is 214 g/mol. The largest absolute Gasteiger partial charge is 0.497 e. The van der Waals surface area contributed by atoms with Crippen LogP contribution in [-0.4, -0.2) is 17.3 Å². The molecular weight excluding hydrogens is 200 g/mol. The zero-order valence-corrected chi connectivity index (χ0v) is 9.69. The number of nitrogens with zero attached hydrogens (tertiary/aromatic N) is 2. The van der Waals surface area contributed by atoms with E-state index in [2.05, 4.69) is 10.2 Å². The highest BCUT2D eigenvalue weighted by Gasteiger charge is 2.06. The highest BCUT2D eigenvalue weighted by atomic mass is 16.5. The lowest BCUT2D eigenvalue weighted by atomic mass is 10.0. The van der Waals surface area contributed by atoms with Crippen LogP contribution in [0.1, 0.15) is 11.3 Å². The summed E-state index contributed by atoms with van der Waals surface area (Å²) < 4.78 is 5.14. The van der Waals surface area contributed by atoms with E-state index in [0.29, 0.717) is 0 Å². The normalized spacial score (nSPS) is 10.2. The molecule has 0 aliphatic heterocycles. The van der Waals surface area contributed by atoms with Gasteiger partial charge in [0.05, 0.1) is 19.0 Å². The second-order valence-electron chi connectivity index (χ2n) is 3.72. The molecule has 0 amide bonds. The summed E-state index contributed by atoms with van der Waals surface area (Å²) in [5.74, 6) is 0.862. The van der Waals surface area contributed by atoms with Gasteiger partial charge in [0, 0.05) is 5.56 Å². The molecule has 0 bridgehead atoms. The van der Waals surface area contributed by atoms with E-state index >= 15 is 0 Å². The molecule has 0 fully saturated rings. The van der Waals surface area contributed by atoms with Crippen molar-refractivity contribution in [2.24, 2.45) is 0 Å². The lowest BCUT2D eigenvalue weighted by Gasteiger charge is -2.08. The second-order valence-corrected chi connectivity index (χ2v) is 3.72. The van der Waals surface area contributed by atoms with Crippen molar-refractivity contribution in [3.8, 4) is 16.9 Å². The van der Waals surface area contributed by atoms with Crippen molar-refractivity contribution in [3.05, 3.63) is 41.7 Å². The van der Waals surface area contributed by atoms with Crippen LogP contribution in [-0.2, 0) is 0 Å². The summed E-state index contributed by atoms with van der Waals surface area (Å²) in [6.45, 7) is 4.01. The first kappa shape index (κ1) is 10.6. The molecule has 0 N–H and O–H groups in total. The van der Waals surface area contributed by atoms with Crippen LogP contribution in [0, 0.1) is 13.8 Å². The van der Waals surface area contributed by atoms with Crippen molar-refractivity contribution in [2.75, 3.05) is 7.11 Å². The maximum absolute atomic E-state index is 5.14. The zero-order chi connectivity index (χ0) is 11.5. The van der Waals surface area contributed by atoms with Gasteiger partial charge in [0.1, 0.15) is 5.75 Å². The van der Waals surface area contributed by atoms with Gasteiger partial charge >= 0.3 is 0 Å². The van der Waals surface area contributed by atoms with E-state index < -0.39 is 0 Å². The van der Waals surface area contributed by atoms with Crippen LogP contribution in [0.5, 0.6) is 5.75 Å². The molecule has 0 radical (unpaired) electrons. The van der Waals surface area contributed by atoms with Gasteiger partial charge in [-0.2, -0.15) is 10.2 Å². The molecule has 0 unspecified atom stereocenters. The first-order chi connectivity index (χ1) is 7.72. The third kappa shape index (κ3) is 1.89. The predicted molar refractivity (Wildman–Crippen MR) is 63.5 cm³/mol. The molecule has 0 saturated carbocycles. The Hall–Kier alpha value is -1.90. The van der Waals surface area contributed by atoms with Crippen molar-refractivity contribution in [3.63, 3.8) is 0 Å². The van der Waals surface area contributed by atoms with Crippen LogP contribution >= 0.6 is 0 Å². The topological polar surface area (TPSA) is 35.0 Å². The first-order valence-electron chi connectivity index (χ1n) is 5.15. The van der Waals surface area contributed by atoms with E-state index in [1.807, 2.05) is 38.1 Å². The Morgan fingerprint density at radius 1 is 1.06 bits per heavy atom. The molecule has 0 atom stereocenters. The van der Waals surface area contributed by atoms with Gasteiger partial charge in [-0.15, -0.1) is 0 Å². The standard InChI is InChI=1S/C13H14N2O/c1-9-8-14-15-10(2)13(9)11-4-6-12(16-3)7-5-11/h4-8H,1-3H3. The van der Waals surface area contributed by atoms with Gasteiger partial charge in [0.15, 0.2) is 0 Å². The highest BCUT2D eigenvalue weighted by molar-refractivity contribution is 5.69. The van der Waals surface area contributed by atoms with E-state index in [9.17, 15) is 0 Å². The SMILES string of the molecule is COc1ccc(-c2c(C)cnnc2C)cc1. The number of rotatable bonds is 2. The van der Waals surface area contributed by atoms with Crippen molar-refractivity contribution in [2.45, 2.75) is 13.8 Å². The van der Waals surface area contributed by atoms with Crippen LogP contribution in [0.25, 0.3) is 11.1 Å². The molecular formula is C13H14N2O.